The van der Waals surface area contributed by atoms with Crippen molar-refractivity contribution in [3.63, 3.8) is 0 Å². The number of esters is 1. The first kappa shape index (κ1) is 18.9. The van der Waals surface area contributed by atoms with Crippen molar-refractivity contribution >= 4 is 13.6 Å². The van der Waals surface area contributed by atoms with E-state index in [1.807, 2.05) is 30.3 Å². The molecule has 0 fully saturated rings. The van der Waals surface area contributed by atoms with Crippen LogP contribution in [0.1, 0.15) is 26.3 Å². The van der Waals surface area contributed by atoms with E-state index >= 15 is 0 Å². The fourth-order valence-corrected chi connectivity index (χ4v) is 4.08. The molecule has 0 spiro atoms. The molecule has 0 aliphatic rings. The van der Waals surface area contributed by atoms with Crippen LogP contribution in [0.3, 0.4) is 0 Å². The van der Waals surface area contributed by atoms with Crippen LogP contribution in [0.5, 0.6) is 0 Å². The van der Waals surface area contributed by atoms with Gasteiger partial charge < -0.3 is 13.8 Å². The fraction of sp³-hybridized carbons (Fsp3) is 0.562. The van der Waals surface area contributed by atoms with Gasteiger partial charge in [0.05, 0.1) is 31.9 Å². The smallest absolute Gasteiger partial charge is 0.331 e. The van der Waals surface area contributed by atoms with Gasteiger partial charge in [-0.05, 0) is 32.8 Å². The molecule has 1 atom stereocenters. The standard InChI is InChI=1S/C16H25O5P/c1-4-19-16(17)15(12-14-10-8-7-9-11-14)13-22(18,20-5-2)21-6-3/h7-11,15H,4-6,12-13H2,1-3H3. The summed E-state index contributed by atoms with van der Waals surface area (Å²) in [5, 5.41) is 0. The molecular formula is C16H25O5P. The molecule has 0 saturated carbocycles. The van der Waals surface area contributed by atoms with Gasteiger partial charge in [-0.3, -0.25) is 9.36 Å². The molecule has 0 aromatic heterocycles. The van der Waals surface area contributed by atoms with Crippen LogP contribution in [0.2, 0.25) is 0 Å². The monoisotopic (exact) mass is 328 g/mol. The van der Waals surface area contributed by atoms with Crippen molar-refractivity contribution in [2.45, 2.75) is 27.2 Å². The Hall–Kier alpha value is -1.16. The zero-order valence-corrected chi connectivity index (χ0v) is 14.4. The zero-order chi connectivity index (χ0) is 16.4. The molecule has 0 radical (unpaired) electrons. The lowest BCUT2D eigenvalue weighted by atomic mass is 10.0. The molecule has 0 saturated heterocycles. The first-order chi connectivity index (χ1) is 10.5. The average Bonchev–Trinajstić information content (AvgIpc) is 2.48. The summed E-state index contributed by atoms with van der Waals surface area (Å²) in [6.07, 6.45) is 0.478. The van der Waals surface area contributed by atoms with Gasteiger partial charge in [-0.1, -0.05) is 30.3 Å². The Labute approximate surface area is 132 Å². The van der Waals surface area contributed by atoms with Crippen LogP contribution in [0, 0.1) is 5.92 Å². The second-order valence-corrected chi connectivity index (χ2v) is 6.87. The minimum Gasteiger partial charge on any atom is -0.466 e. The van der Waals surface area contributed by atoms with Crippen molar-refractivity contribution in [3.05, 3.63) is 35.9 Å². The third-order valence-corrected chi connectivity index (χ3v) is 5.23. The summed E-state index contributed by atoms with van der Waals surface area (Å²) in [7, 11) is -3.29. The van der Waals surface area contributed by atoms with Gasteiger partial charge in [-0.15, -0.1) is 0 Å². The van der Waals surface area contributed by atoms with Gasteiger partial charge in [0.15, 0.2) is 0 Å². The molecule has 0 heterocycles. The van der Waals surface area contributed by atoms with Crippen molar-refractivity contribution in [1.82, 2.24) is 0 Å². The van der Waals surface area contributed by atoms with Gasteiger partial charge in [-0.25, -0.2) is 0 Å². The van der Waals surface area contributed by atoms with Gasteiger partial charge >= 0.3 is 13.6 Å². The highest BCUT2D eigenvalue weighted by molar-refractivity contribution is 7.53. The Kier molecular flexibility index (Phi) is 8.39. The normalized spacial score (nSPS) is 12.9. The summed E-state index contributed by atoms with van der Waals surface area (Å²) < 4.78 is 28.4. The molecule has 0 N–H and O–H groups in total. The summed E-state index contributed by atoms with van der Waals surface area (Å²) >= 11 is 0. The predicted octanol–water partition coefficient (Wildman–Crippen LogP) is 3.67. The van der Waals surface area contributed by atoms with E-state index in [-0.39, 0.29) is 32.0 Å². The number of carbonyl (C=O) groups is 1. The van der Waals surface area contributed by atoms with E-state index in [2.05, 4.69) is 0 Å². The van der Waals surface area contributed by atoms with Crippen molar-refractivity contribution in [1.29, 1.82) is 0 Å². The van der Waals surface area contributed by atoms with Crippen molar-refractivity contribution < 1.29 is 23.1 Å². The van der Waals surface area contributed by atoms with Crippen LogP contribution in [-0.2, 0) is 29.6 Å². The molecule has 5 nitrogen and oxygen atoms in total. The number of benzene rings is 1. The maximum absolute atomic E-state index is 12.7. The summed E-state index contributed by atoms with van der Waals surface area (Å²) in [6.45, 7) is 6.10. The van der Waals surface area contributed by atoms with Crippen LogP contribution in [-0.4, -0.2) is 32.0 Å². The highest BCUT2D eigenvalue weighted by Crippen LogP contribution is 2.50. The van der Waals surface area contributed by atoms with Gasteiger partial charge in [0.25, 0.3) is 0 Å². The first-order valence-electron chi connectivity index (χ1n) is 7.63. The van der Waals surface area contributed by atoms with E-state index in [0.717, 1.165) is 5.56 Å². The van der Waals surface area contributed by atoms with Crippen molar-refractivity contribution in [2.75, 3.05) is 26.0 Å². The quantitative estimate of drug-likeness (QED) is 0.484. The lowest BCUT2D eigenvalue weighted by Crippen LogP contribution is -2.24. The average molecular weight is 328 g/mol. The minimum atomic E-state index is -3.29. The SMILES string of the molecule is CCOC(=O)C(Cc1ccccc1)CP(=O)(OCC)OCC. The number of hydrogen-bond acceptors (Lipinski definition) is 5. The molecular weight excluding hydrogens is 303 g/mol. The summed E-state index contributed by atoms with van der Waals surface area (Å²) in [6, 6.07) is 9.58. The Morgan fingerprint density at radius 2 is 1.64 bits per heavy atom. The molecule has 0 aliphatic heterocycles. The molecule has 6 heteroatoms. The van der Waals surface area contributed by atoms with Crippen LogP contribution in [0.25, 0.3) is 0 Å². The molecule has 1 unspecified atom stereocenters. The van der Waals surface area contributed by atoms with E-state index in [1.54, 1.807) is 20.8 Å². The molecule has 1 aromatic rings. The second kappa shape index (κ2) is 9.78. The molecule has 1 rings (SSSR count). The van der Waals surface area contributed by atoms with E-state index in [9.17, 15) is 9.36 Å². The molecule has 22 heavy (non-hydrogen) atoms. The van der Waals surface area contributed by atoms with Crippen LogP contribution in [0.15, 0.2) is 30.3 Å². The summed E-state index contributed by atoms with van der Waals surface area (Å²) in [5.74, 6) is -0.919. The fourth-order valence-electron chi connectivity index (χ4n) is 2.19. The topological polar surface area (TPSA) is 61.8 Å². The third kappa shape index (κ3) is 6.30. The number of carbonyl (C=O) groups excluding carboxylic acids is 1. The second-order valence-electron chi connectivity index (χ2n) is 4.77. The Morgan fingerprint density at radius 3 is 2.14 bits per heavy atom. The van der Waals surface area contributed by atoms with Gasteiger partial charge in [0.2, 0.25) is 0 Å². The number of ether oxygens (including phenoxy) is 1. The molecule has 124 valence electrons. The molecule has 1 aromatic carbocycles. The van der Waals surface area contributed by atoms with Gasteiger partial charge in [0.1, 0.15) is 0 Å². The lowest BCUT2D eigenvalue weighted by Gasteiger charge is -2.22. The van der Waals surface area contributed by atoms with E-state index in [0.29, 0.717) is 6.42 Å². The Bertz CT molecular complexity index is 479. The van der Waals surface area contributed by atoms with Crippen LogP contribution < -0.4 is 0 Å². The van der Waals surface area contributed by atoms with Crippen molar-refractivity contribution in [3.8, 4) is 0 Å². The maximum atomic E-state index is 12.7. The largest absolute Gasteiger partial charge is 0.466 e. The Balaban J connectivity index is 2.89. The predicted molar refractivity (Wildman–Crippen MR) is 86.0 cm³/mol. The highest BCUT2D eigenvalue weighted by atomic mass is 31.2. The molecule has 0 aliphatic carbocycles. The molecule has 0 amide bonds. The number of hydrogen-bond donors (Lipinski definition) is 0. The summed E-state index contributed by atoms with van der Waals surface area (Å²) in [4.78, 5) is 12.2. The Morgan fingerprint density at radius 1 is 1.05 bits per heavy atom. The first-order valence-corrected chi connectivity index (χ1v) is 9.36. The van der Waals surface area contributed by atoms with E-state index in [4.69, 9.17) is 13.8 Å². The minimum absolute atomic E-state index is 0.0302. The lowest BCUT2D eigenvalue weighted by molar-refractivity contribution is -0.147. The van der Waals surface area contributed by atoms with Gasteiger partial charge in [0, 0.05) is 0 Å². The van der Waals surface area contributed by atoms with Crippen LogP contribution >= 0.6 is 7.60 Å². The molecule has 0 bridgehead atoms. The van der Waals surface area contributed by atoms with Crippen molar-refractivity contribution in [2.24, 2.45) is 5.92 Å². The van der Waals surface area contributed by atoms with Gasteiger partial charge in [-0.2, -0.15) is 0 Å². The third-order valence-electron chi connectivity index (χ3n) is 3.04. The number of rotatable bonds is 10. The summed E-state index contributed by atoms with van der Waals surface area (Å²) in [5.41, 5.74) is 0.986. The van der Waals surface area contributed by atoms with Crippen LogP contribution in [0.4, 0.5) is 0 Å². The zero-order valence-electron chi connectivity index (χ0n) is 13.5. The van der Waals surface area contributed by atoms with E-state index < -0.39 is 13.5 Å². The van der Waals surface area contributed by atoms with E-state index in [1.165, 1.54) is 0 Å². The maximum Gasteiger partial charge on any atom is 0.331 e. The highest BCUT2D eigenvalue weighted by Gasteiger charge is 2.33.